The molecular formula is C5H9NO3. The van der Waals surface area contributed by atoms with Crippen LogP contribution in [0.5, 0.6) is 0 Å². The normalized spacial score (nSPS) is 11.1. The monoisotopic (exact) mass is 131 g/mol. The zero-order chi connectivity index (χ0) is 7.28. The summed E-state index contributed by atoms with van der Waals surface area (Å²) in [6, 6.07) is 0. The minimum atomic E-state index is -0.321. The number of hydrogen-bond donors (Lipinski definition) is 0. The fraction of sp³-hybridized carbons (Fsp3) is 0.600. The second-order valence-electron chi connectivity index (χ2n) is 1.44. The average Bonchev–Trinajstić information content (AvgIpc) is 1.63. The lowest BCUT2D eigenvalue weighted by Gasteiger charge is -1.97. The van der Waals surface area contributed by atoms with Gasteiger partial charge in [-0.05, 0) is 0 Å². The second kappa shape index (κ2) is 3.88. The molecule has 0 aromatic rings. The molecule has 0 spiro atoms. The highest BCUT2D eigenvalue weighted by atomic mass is 16.9. The Morgan fingerprint density at radius 1 is 1.89 bits per heavy atom. The van der Waals surface area contributed by atoms with Crippen molar-refractivity contribution in [3.63, 3.8) is 0 Å². The van der Waals surface area contributed by atoms with Crippen molar-refractivity contribution in [2.24, 2.45) is 0 Å². The van der Waals surface area contributed by atoms with Gasteiger partial charge in [-0.2, -0.15) is 0 Å². The van der Waals surface area contributed by atoms with E-state index in [1.54, 1.807) is 6.92 Å². The van der Waals surface area contributed by atoms with E-state index in [0.717, 1.165) is 6.21 Å². The highest BCUT2D eigenvalue weighted by molar-refractivity contribution is 6.24. The standard InChI is InChI=1S/C5H9NO3/c1-3-9-6(8)4-5(2)7/h4H,3H2,1-2H3/b6-4+. The number of rotatable bonds is 3. The predicted molar refractivity (Wildman–Crippen MR) is 32.0 cm³/mol. The summed E-state index contributed by atoms with van der Waals surface area (Å²) in [5.74, 6) is -0.321. The van der Waals surface area contributed by atoms with Crippen LogP contribution in [0.4, 0.5) is 0 Å². The van der Waals surface area contributed by atoms with Crippen molar-refractivity contribution in [2.45, 2.75) is 13.8 Å². The Labute approximate surface area is 53.3 Å². The van der Waals surface area contributed by atoms with Crippen molar-refractivity contribution in [2.75, 3.05) is 6.61 Å². The van der Waals surface area contributed by atoms with E-state index in [9.17, 15) is 10.0 Å². The summed E-state index contributed by atoms with van der Waals surface area (Å²) < 4.78 is 0. The molecule has 0 rings (SSSR count). The Hall–Kier alpha value is -1.06. The van der Waals surface area contributed by atoms with Gasteiger partial charge in [-0.25, -0.2) is 0 Å². The van der Waals surface area contributed by atoms with Gasteiger partial charge in [-0.3, -0.25) is 10.0 Å². The van der Waals surface area contributed by atoms with Crippen LogP contribution in [0.25, 0.3) is 0 Å². The molecule has 0 fully saturated rings. The quantitative estimate of drug-likeness (QED) is 0.310. The van der Waals surface area contributed by atoms with Crippen LogP contribution < -0.4 is 0 Å². The van der Waals surface area contributed by atoms with Crippen molar-refractivity contribution < 1.29 is 14.5 Å². The van der Waals surface area contributed by atoms with Crippen LogP contribution in [0, 0.1) is 5.21 Å². The van der Waals surface area contributed by atoms with Crippen LogP contribution in [0.1, 0.15) is 13.8 Å². The number of hydrogen-bond acceptors (Lipinski definition) is 3. The van der Waals surface area contributed by atoms with E-state index >= 15 is 0 Å². The zero-order valence-corrected chi connectivity index (χ0v) is 5.46. The van der Waals surface area contributed by atoms with E-state index in [4.69, 9.17) is 0 Å². The molecule has 0 amide bonds. The Balaban J connectivity index is 3.69. The maximum atomic E-state index is 10.3. The first-order chi connectivity index (χ1) is 4.16. The van der Waals surface area contributed by atoms with Crippen LogP contribution in [0.15, 0.2) is 0 Å². The van der Waals surface area contributed by atoms with Crippen LogP contribution in [-0.2, 0) is 9.63 Å². The van der Waals surface area contributed by atoms with Gasteiger partial charge < -0.3 is 4.84 Å². The van der Waals surface area contributed by atoms with Crippen LogP contribution >= 0.6 is 0 Å². The lowest BCUT2D eigenvalue weighted by Crippen LogP contribution is -2.10. The Morgan fingerprint density at radius 2 is 2.44 bits per heavy atom. The molecule has 0 saturated heterocycles. The van der Waals surface area contributed by atoms with E-state index in [1.165, 1.54) is 6.92 Å². The molecule has 0 aliphatic rings. The van der Waals surface area contributed by atoms with E-state index < -0.39 is 0 Å². The molecule has 0 radical (unpaired) electrons. The minimum Gasteiger partial charge on any atom is -0.403 e. The molecule has 0 N–H and O–H groups in total. The first-order valence-electron chi connectivity index (χ1n) is 2.61. The van der Waals surface area contributed by atoms with Crippen molar-refractivity contribution in [3.05, 3.63) is 5.21 Å². The van der Waals surface area contributed by atoms with Gasteiger partial charge in [0.05, 0.1) is 6.61 Å². The maximum absolute atomic E-state index is 10.3. The van der Waals surface area contributed by atoms with Gasteiger partial charge in [-0.1, -0.05) is 6.92 Å². The van der Waals surface area contributed by atoms with E-state index in [2.05, 4.69) is 4.84 Å². The fourth-order valence-electron chi connectivity index (χ4n) is 0.313. The number of Topliss-reactive ketones (excluding diaryl/α,β-unsaturated/α-hetero) is 1. The third kappa shape index (κ3) is 4.80. The molecule has 0 aromatic heterocycles. The van der Waals surface area contributed by atoms with Crippen molar-refractivity contribution in [1.82, 2.24) is 0 Å². The summed E-state index contributed by atoms with van der Waals surface area (Å²) in [5.41, 5.74) is 0. The van der Waals surface area contributed by atoms with Gasteiger partial charge >= 0.3 is 0 Å². The summed E-state index contributed by atoms with van der Waals surface area (Å²) >= 11 is 0. The van der Waals surface area contributed by atoms with Crippen molar-refractivity contribution in [3.8, 4) is 0 Å². The SMILES string of the molecule is CCO/[N+]([O-])=C/C(C)=O. The summed E-state index contributed by atoms with van der Waals surface area (Å²) in [4.78, 5) is 14.7. The molecule has 9 heavy (non-hydrogen) atoms. The summed E-state index contributed by atoms with van der Waals surface area (Å²) in [6.07, 6.45) is 0.837. The van der Waals surface area contributed by atoms with Gasteiger partial charge in [0.15, 0.2) is 0 Å². The first-order valence-corrected chi connectivity index (χ1v) is 2.61. The average molecular weight is 131 g/mol. The van der Waals surface area contributed by atoms with Crippen LogP contribution in [-0.4, -0.2) is 23.5 Å². The molecule has 0 bridgehead atoms. The van der Waals surface area contributed by atoms with Crippen LogP contribution in [0.2, 0.25) is 0 Å². The van der Waals surface area contributed by atoms with Gasteiger partial charge in [-0.15, -0.1) is 0 Å². The lowest BCUT2D eigenvalue weighted by atomic mass is 10.5. The number of ketones is 1. The molecule has 0 aliphatic heterocycles. The van der Waals surface area contributed by atoms with Crippen molar-refractivity contribution in [1.29, 1.82) is 0 Å². The summed E-state index contributed by atoms with van der Waals surface area (Å²) in [7, 11) is 0. The Morgan fingerprint density at radius 3 is 2.78 bits per heavy atom. The minimum absolute atomic E-state index is 0.155. The molecule has 0 aromatic carbocycles. The number of nitrogens with zero attached hydrogens (tertiary/aromatic N) is 1. The molecule has 4 nitrogen and oxygen atoms in total. The van der Waals surface area contributed by atoms with Gasteiger partial charge in [0.2, 0.25) is 5.78 Å². The van der Waals surface area contributed by atoms with Gasteiger partial charge in [0, 0.05) is 11.8 Å². The molecule has 4 heteroatoms. The molecule has 0 atom stereocenters. The first kappa shape index (κ1) is 7.94. The van der Waals surface area contributed by atoms with Crippen molar-refractivity contribution >= 4 is 12.0 Å². The van der Waals surface area contributed by atoms with Gasteiger partial charge in [0.1, 0.15) is 0 Å². The number of carbonyl (C=O) groups excluding carboxylic acids is 1. The van der Waals surface area contributed by atoms with E-state index in [0.29, 0.717) is 0 Å². The molecular weight excluding hydrogens is 122 g/mol. The number of carbonyl (C=O) groups is 1. The van der Waals surface area contributed by atoms with E-state index in [-0.39, 0.29) is 17.3 Å². The fourth-order valence-corrected chi connectivity index (χ4v) is 0.313. The summed E-state index contributed by atoms with van der Waals surface area (Å²) in [6.45, 7) is 3.22. The largest absolute Gasteiger partial charge is 0.403 e. The lowest BCUT2D eigenvalue weighted by molar-refractivity contribution is -0.736. The highest BCUT2D eigenvalue weighted by Crippen LogP contribution is 1.72. The van der Waals surface area contributed by atoms with Gasteiger partial charge in [0.25, 0.3) is 6.21 Å². The molecule has 0 saturated carbocycles. The smallest absolute Gasteiger partial charge is 0.275 e. The zero-order valence-electron chi connectivity index (χ0n) is 5.46. The second-order valence-corrected chi connectivity index (χ2v) is 1.44. The topological polar surface area (TPSA) is 52.4 Å². The predicted octanol–water partition coefficient (Wildman–Crippen LogP) is 0.108. The molecule has 0 unspecified atom stereocenters. The third-order valence-electron chi connectivity index (χ3n) is 0.544. The summed E-state index contributed by atoms with van der Waals surface area (Å²) in [5, 5.41) is 10.3. The van der Waals surface area contributed by atoms with E-state index in [1.807, 2.05) is 0 Å². The Kier molecular flexibility index (Phi) is 3.43. The molecule has 0 aliphatic carbocycles. The molecule has 0 heterocycles. The van der Waals surface area contributed by atoms with Crippen LogP contribution in [0.3, 0.4) is 0 Å². The third-order valence-corrected chi connectivity index (χ3v) is 0.544. The molecule has 52 valence electrons. The maximum Gasteiger partial charge on any atom is 0.275 e. The highest BCUT2D eigenvalue weighted by Gasteiger charge is 1.93. The Bertz CT molecular complexity index is 130.